The van der Waals surface area contributed by atoms with Gasteiger partial charge in [0.2, 0.25) is 5.91 Å². The van der Waals surface area contributed by atoms with E-state index >= 15 is 0 Å². The first-order valence-electron chi connectivity index (χ1n) is 9.60. The number of hydrogen-bond donors (Lipinski definition) is 2. The molecule has 0 saturated carbocycles. The van der Waals surface area contributed by atoms with Crippen LogP contribution in [0.2, 0.25) is 0 Å². The Morgan fingerprint density at radius 1 is 1.07 bits per heavy atom. The largest absolute Gasteiger partial charge is 0.480 e. The number of carboxylic acids is 1. The topological polar surface area (TPSA) is 95.9 Å². The van der Waals surface area contributed by atoms with E-state index in [4.69, 9.17) is 4.74 Å². The summed E-state index contributed by atoms with van der Waals surface area (Å²) >= 11 is 0. The molecule has 2 aromatic rings. The van der Waals surface area contributed by atoms with Crippen molar-refractivity contribution >= 4 is 23.5 Å². The van der Waals surface area contributed by atoms with E-state index in [0.717, 1.165) is 18.4 Å². The molecule has 0 aliphatic carbocycles. The monoisotopic (exact) mass is 396 g/mol. The van der Waals surface area contributed by atoms with Crippen LogP contribution in [0.1, 0.15) is 35.2 Å². The maximum Gasteiger partial charge on any atom is 0.326 e. The number of likely N-dealkylation sites (tertiary alicyclic amines) is 1. The average molecular weight is 396 g/mol. The molecule has 7 nitrogen and oxygen atoms in total. The average Bonchev–Trinajstić information content (AvgIpc) is 2.74. The van der Waals surface area contributed by atoms with E-state index in [0.29, 0.717) is 30.8 Å². The van der Waals surface area contributed by atoms with Crippen molar-refractivity contribution in [2.24, 2.45) is 0 Å². The molecule has 1 heterocycles. The van der Waals surface area contributed by atoms with E-state index in [9.17, 15) is 19.5 Å². The Bertz CT molecular complexity index is 869. The summed E-state index contributed by atoms with van der Waals surface area (Å²) in [6.07, 6.45) is 2.03. The molecular formula is C22H24N2O5. The number of carbonyl (C=O) groups excluding carboxylic acids is 2. The summed E-state index contributed by atoms with van der Waals surface area (Å²) in [4.78, 5) is 37.8. The Hall–Kier alpha value is -3.19. The predicted molar refractivity (Wildman–Crippen MR) is 107 cm³/mol. The van der Waals surface area contributed by atoms with Gasteiger partial charge in [0, 0.05) is 17.8 Å². The highest BCUT2D eigenvalue weighted by Gasteiger charge is 2.32. The lowest BCUT2D eigenvalue weighted by molar-refractivity contribution is -0.143. The summed E-state index contributed by atoms with van der Waals surface area (Å²) in [5.74, 6) is -1.65. The number of carbonyl (C=O) groups is 3. The van der Waals surface area contributed by atoms with Crippen LogP contribution < -0.4 is 5.32 Å². The third kappa shape index (κ3) is 5.65. The zero-order valence-electron chi connectivity index (χ0n) is 16.0. The molecule has 29 heavy (non-hydrogen) atoms. The fourth-order valence-corrected chi connectivity index (χ4v) is 3.36. The summed E-state index contributed by atoms with van der Waals surface area (Å²) in [6, 6.07) is 15.3. The van der Waals surface area contributed by atoms with Crippen molar-refractivity contribution in [2.45, 2.75) is 31.9 Å². The number of ether oxygens (including phenoxy) is 1. The van der Waals surface area contributed by atoms with Crippen molar-refractivity contribution < 1.29 is 24.2 Å². The molecular weight excluding hydrogens is 372 g/mol. The van der Waals surface area contributed by atoms with Crippen LogP contribution >= 0.6 is 0 Å². The third-order valence-electron chi connectivity index (χ3n) is 4.79. The Morgan fingerprint density at radius 3 is 2.62 bits per heavy atom. The van der Waals surface area contributed by atoms with Crippen LogP contribution in [-0.2, 0) is 20.9 Å². The molecule has 1 aliphatic heterocycles. The maximum atomic E-state index is 12.8. The number of hydrogen-bond acceptors (Lipinski definition) is 4. The van der Waals surface area contributed by atoms with Crippen molar-refractivity contribution in [1.82, 2.24) is 4.90 Å². The maximum absolute atomic E-state index is 12.8. The number of nitrogens with one attached hydrogen (secondary N) is 1. The zero-order valence-corrected chi connectivity index (χ0v) is 16.0. The number of piperidine rings is 1. The second kappa shape index (κ2) is 9.84. The van der Waals surface area contributed by atoms with Crippen molar-refractivity contribution in [3.05, 3.63) is 65.7 Å². The van der Waals surface area contributed by atoms with E-state index in [1.165, 1.54) is 4.90 Å². The zero-order chi connectivity index (χ0) is 20.6. The Labute approximate surface area is 169 Å². The molecule has 7 heteroatoms. The van der Waals surface area contributed by atoms with Crippen LogP contribution in [-0.4, -0.2) is 47.0 Å². The molecule has 2 N–H and O–H groups in total. The van der Waals surface area contributed by atoms with E-state index < -0.39 is 12.0 Å². The minimum absolute atomic E-state index is 0.111. The predicted octanol–water partition coefficient (Wildman–Crippen LogP) is 2.92. The summed E-state index contributed by atoms with van der Waals surface area (Å²) < 4.78 is 5.41. The molecule has 152 valence electrons. The quantitative estimate of drug-likeness (QED) is 0.750. The molecule has 0 aromatic heterocycles. The van der Waals surface area contributed by atoms with Gasteiger partial charge in [-0.25, -0.2) is 4.79 Å². The molecule has 1 unspecified atom stereocenters. The second-order valence-corrected chi connectivity index (χ2v) is 6.96. The van der Waals surface area contributed by atoms with Crippen LogP contribution in [0.5, 0.6) is 0 Å². The van der Waals surface area contributed by atoms with Gasteiger partial charge < -0.3 is 20.1 Å². The van der Waals surface area contributed by atoms with Gasteiger partial charge in [0.15, 0.2) is 0 Å². The molecule has 1 aliphatic rings. The number of aliphatic carboxylic acids is 1. The smallest absolute Gasteiger partial charge is 0.326 e. The summed E-state index contributed by atoms with van der Waals surface area (Å²) in [6.45, 7) is 0.637. The summed E-state index contributed by atoms with van der Waals surface area (Å²) in [5, 5.41) is 12.1. The molecule has 2 aromatic carbocycles. The van der Waals surface area contributed by atoms with E-state index in [1.54, 1.807) is 24.3 Å². The van der Waals surface area contributed by atoms with Gasteiger partial charge in [-0.15, -0.1) is 0 Å². The number of carboxylic acid groups (broad SMARTS) is 1. The van der Waals surface area contributed by atoms with Gasteiger partial charge in [0.25, 0.3) is 5.91 Å². The van der Waals surface area contributed by atoms with Gasteiger partial charge in [-0.2, -0.15) is 0 Å². The highest BCUT2D eigenvalue weighted by Crippen LogP contribution is 2.21. The first-order chi connectivity index (χ1) is 14.0. The van der Waals surface area contributed by atoms with E-state index in [1.807, 2.05) is 30.3 Å². The normalized spacial score (nSPS) is 16.3. The number of benzene rings is 2. The van der Waals surface area contributed by atoms with Crippen molar-refractivity contribution in [3.8, 4) is 0 Å². The molecule has 0 radical (unpaired) electrons. The lowest BCUT2D eigenvalue weighted by Crippen LogP contribution is -2.48. The minimum atomic E-state index is -0.988. The van der Waals surface area contributed by atoms with Gasteiger partial charge in [-0.1, -0.05) is 36.4 Å². The lowest BCUT2D eigenvalue weighted by Gasteiger charge is -2.33. The molecule has 1 fully saturated rings. The molecule has 0 bridgehead atoms. The van der Waals surface area contributed by atoms with Crippen molar-refractivity contribution in [3.63, 3.8) is 0 Å². The van der Waals surface area contributed by atoms with E-state index in [2.05, 4.69) is 5.32 Å². The first kappa shape index (κ1) is 20.5. The Balaban J connectivity index is 1.57. The number of rotatable bonds is 7. The SMILES string of the molecule is O=C(COCc1ccccc1)Nc1cccc(C(=O)N2CCCCC2C(=O)O)c1. The number of anilines is 1. The van der Waals surface area contributed by atoms with E-state index in [-0.39, 0.29) is 18.4 Å². The van der Waals surface area contributed by atoms with Gasteiger partial charge in [0.1, 0.15) is 12.6 Å². The summed E-state index contributed by atoms with van der Waals surface area (Å²) in [7, 11) is 0. The molecule has 0 spiro atoms. The fraction of sp³-hybridized carbons (Fsp3) is 0.318. The fourth-order valence-electron chi connectivity index (χ4n) is 3.36. The molecule has 3 rings (SSSR count). The van der Waals surface area contributed by atoms with Crippen LogP contribution in [0, 0.1) is 0 Å². The van der Waals surface area contributed by atoms with Crippen LogP contribution in [0.3, 0.4) is 0 Å². The Morgan fingerprint density at radius 2 is 1.86 bits per heavy atom. The highest BCUT2D eigenvalue weighted by atomic mass is 16.5. The standard InChI is InChI=1S/C22H24N2O5/c25-20(15-29-14-16-7-2-1-3-8-16)23-18-10-6-9-17(13-18)21(26)24-12-5-4-11-19(24)22(27)28/h1-3,6-10,13,19H,4-5,11-12,14-15H2,(H,23,25)(H,27,28). The van der Waals surface area contributed by atoms with Crippen molar-refractivity contribution in [2.75, 3.05) is 18.5 Å². The second-order valence-electron chi connectivity index (χ2n) is 6.96. The van der Waals surface area contributed by atoms with Gasteiger partial charge in [0.05, 0.1) is 6.61 Å². The Kier molecular flexibility index (Phi) is 6.97. The minimum Gasteiger partial charge on any atom is -0.480 e. The summed E-state index contributed by atoms with van der Waals surface area (Å²) in [5.41, 5.74) is 1.79. The number of nitrogens with zero attached hydrogens (tertiary/aromatic N) is 1. The van der Waals surface area contributed by atoms with Gasteiger partial charge in [-0.3, -0.25) is 9.59 Å². The molecule has 1 saturated heterocycles. The third-order valence-corrected chi connectivity index (χ3v) is 4.79. The van der Waals surface area contributed by atoms with Crippen LogP contribution in [0.15, 0.2) is 54.6 Å². The van der Waals surface area contributed by atoms with Gasteiger partial charge in [-0.05, 0) is 43.0 Å². The molecule has 2 amide bonds. The van der Waals surface area contributed by atoms with Gasteiger partial charge >= 0.3 is 5.97 Å². The van der Waals surface area contributed by atoms with Crippen LogP contribution in [0.4, 0.5) is 5.69 Å². The lowest BCUT2D eigenvalue weighted by atomic mass is 10.0. The van der Waals surface area contributed by atoms with Crippen molar-refractivity contribution in [1.29, 1.82) is 0 Å². The highest BCUT2D eigenvalue weighted by molar-refractivity contribution is 5.99. The van der Waals surface area contributed by atoms with Crippen LogP contribution in [0.25, 0.3) is 0 Å². The first-order valence-corrected chi connectivity index (χ1v) is 9.60. The number of amides is 2. The molecule has 1 atom stereocenters.